The molecule has 1 heterocycles. The zero-order chi connectivity index (χ0) is 18.8. The molecule has 1 aliphatic heterocycles. The number of hydrogen-bond acceptors (Lipinski definition) is 6. The van der Waals surface area contributed by atoms with E-state index in [-0.39, 0.29) is 5.91 Å². The van der Waals surface area contributed by atoms with E-state index in [2.05, 4.69) is 10.6 Å². The molecule has 0 saturated carbocycles. The van der Waals surface area contributed by atoms with Crippen molar-refractivity contribution < 1.29 is 19.0 Å². The number of nitrogens with one attached hydrogen (secondary N) is 2. The fraction of sp³-hybridized carbons (Fsp3) is 0.421. The smallest absolute Gasteiger partial charge is 0.243 e. The first-order valence-corrected chi connectivity index (χ1v) is 9.50. The van der Waals surface area contributed by atoms with Gasteiger partial charge in [0.25, 0.3) is 0 Å². The predicted molar refractivity (Wildman–Crippen MR) is 106 cm³/mol. The molecule has 1 amide bonds. The van der Waals surface area contributed by atoms with Gasteiger partial charge in [-0.1, -0.05) is 18.2 Å². The molecule has 142 valence electrons. The highest BCUT2D eigenvalue weighted by atomic mass is 32.2. The maximum Gasteiger partial charge on any atom is 0.243 e. The Hall–Kier alpha value is -2.12. The fourth-order valence-corrected chi connectivity index (χ4v) is 3.60. The third-order valence-electron chi connectivity index (χ3n) is 3.83. The summed E-state index contributed by atoms with van der Waals surface area (Å²) in [5.41, 5.74) is 0.883. The topological polar surface area (TPSA) is 68.8 Å². The molecule has 7 heteroatoms. The summed E-state index contributed by atoms with van der Waals surface area (Å²) in [6, 6.07) is 3.69. The first-order chi connectivity index (χ1) is 12.7. The van der Waals surface area contributed by atoms with Crippen LogP contribution in [0.1, 0.15) is 12.0 Å². The Bertz CT molecular complexity index is 630. The van der Waals surface area contributed by atoms with Gasteiger partial charge in [-0.2, -0.15) is 0 Å². The van der Waals surface area contributed by atoms with Crippen LogP contribution in [0.15, 0.2) is 30.4 Å². The van der Waals surface area contributed by atoms with Crippen LogP contribution in [-0.4, -0.2) is 51.5 Å². The molecule has 0 aromatic heterocycles. The van der Waals surface area contributed by atoms with E-state index in [1.54, 1.807) is 33.5 Å². The van der Waals surface area contributed by atoms with E-state index in [0.29, 0.717) is 29.2 Å². The van der Waals surface area contributed by atoms with E-state index in [9.17, 15) is 4.79 Å². The van der Waals surface area contributed by atoms with Crippen molar-refractivity contribution in [3.63, 3.8) is 0 Å². The molecule has 1 unspecified atom stereocenters. The average molecular weight is 378 g/mol. The second-order valence-corrected chi connectivity index (χ2v) is 6.88. The quantitative estimate of drug-likeness (QED) is 0.508. The Kier molecular flexibility index (Phi) is 8.37. The lowest BCUT2D eigenvalue weighted by molar-refractivity contribution is -0.116. The van der Waals surface area contributed by atoms with Gasteiger partial charge in [-0.3, -0.25) is 4.79 Å². The third-order valence-corrected chi connectivity index (χ3v) is 5.08. The molecule has 1 fully saturated rings. The van der Waals surface area contributed by atoms with Crippen LogP contribution >= 0.6 is 11.8 Å². The minimum absolute atomic E-state index is 0.0949. The summed E-state index contributed by atoms with van der Waals surface area (Å²) in [4.78, 5) is 11.8. The standard InChI is InChI=1S/C19H26N2O4S/c1-23-15-12-14(13-16(24-2)19(15)25-3)6-4-5-7-17(22)20-9-8-18-21-10-11-26-18/h4-7,12-13,18,21H,8-11H2,1-3H3,(H,20,22). The van der Waals surface area contributed by atoms with Crippen LogP contribution in [0.5, 0.6) is 17.2 Å². The van der Waals surface area contributed by atoms with Crippen molar-refractivity contribution in [3.8, 4) is 17.2 Å². The number of methoxy groups -OCH3 is 3. The number of allylic oxidation sites excluding steroid dienone is 2. The molecule has 1 aromatic carbocycles. The molecule has 0 aliphatic carbocycles. The highest BCUT2D eigenvalue weighted by Gasteiger charge is 2.13. The highest BCUT2D eigenvalue weighted by molar-refractivity contribution is 8.00. The van der Waals surface area contributed by atoms with Crippen LogP contribution < -0.4 is 24.8 Å². The maximum absolute atomic E-state index is 11.8. The molecule has 0 bridgehead atoms. The zero-order valence-electron chi connectivity index (χ0n) is 15.4. The van der Waals surface area contributed by atoms with E-state index >= 15 is 0 Å². The normalized spacial score (nSPS) is 17.0. The molecule has 6 nitrogen and oxygen atoms in total. The lowest BCUT2D eigenvalue weighted by Gasteiger charge is -2.12. The van der Waals surface area contributed by atoms with Gasteiger partial charge in [0.1, 0.15) is 0 Å². The fourth-order valence-electron chi connectivity index (χ4n) is 2.56. The van der Waals surface area contributed by atoms with Crippen molar-refractivity contribution in [3.05, 3.63) is 35.9 Å². The molecule has 0 spiro atoms. The molecule has 26 heavy (non-hydrogen) atoms. The lowest BCUT2D eigenvalue weighted by Crippen LogP contribution is -2.28. The van der Waals surface area contributed by atoms with Crippen LogP contribution in [0.3, 0.4) is 0 Å². The van der Waals surface area contributed by atoms with Gasteiger partial charge in [-0.25, -0.2) is 0 Å². The number of carbonyl (C=O) groups is 1. The molecule has 1 aromatic rings. The van der Waals surface area contributed by atoms with Crippen molar-refractivity contribution in [2.75, 3.05) is 40.2 Å². The number of carbonyl (C=O) groups excluding carboxylic acids is 1. The van der Waals surface area contributed by atoms with Crippen molar-refractivity contribution >= 4 is 23.7 Å². The van der Waals surface area contributed by atoms with Crippen molar-refractivity contribution in [1.82, 2.24) is 10.6 Å². The van der Waals surface area contributed by atoms with Gasteiger partial charge in [-0.15, -0.1) is 11.8 Å². The summed E-state index contributed by atoms with van der Waals surface area (Å²) in [5.74, 6) is 2.78. The number of ether oxygens (including phenoxy) is 3. The Morgan fingerprint density at radius 2 is 1.96 bits per heavy atom. The van der Waals surface area contributed by atoms with Crippen molar-refractivity contribution in [2.24, 2.45) is 0 Å². The molecule has 2 rings (SSSR count). The first-order valence-electron chi connectivity index (χ1n) is 8.45. The van der Waals surface area contributed by atoms with Gasteiger partial charge in [-0.05, 0) is 24.1 Å². The Morgan fingerprint density at radius 1 is 1.23 bits per heavy atom. The van der Waals surface area contributed by atoms with Gasteiger partial charge in [0.05, 0.1) is 26.7 Å². The van der Waals surface area contributed by atoms with Crippen LogP contribution in [0.4, 0.5) is 0 Å². The zero-order valence-corrected chi connectivity index (χ0v) is 16.2. The monoisotopic (exact) mass is 378 g/mol. The van der Waals surface area contributed by atoms with Gasteiger partial charge in [0, 0.05) is 24.9 Å². The largest absolute Gasteiger partial charge is 0.493 e. The van der Waals surface area contributed by atoms with E-state index < -0.39 is 0 Å². The molecular weight excluding hydrogens is 352 g/mol. The summed E-state index contributed by atoms with van der Waals surface area (Å²) >= 11 is 1.90. The molecule has 1 saturated heterocycles. The van der Waals surface area contributed by atoms with E-state index in [0.717, 1.165) is 24.3 Å². The van der Waals surface area contributed by atoms with Gasteiger partial charge in [0.2, 0.25) is 11.7 Å². The van der Waals surface area contributed by atoms with E-state index in [4.69, 9.17) is 14.2 Å². The molecule has 1 atom stereocenters. The second-order valence-electron chi connectivity index (χ2n) is 5.57. The molecular formula is C19H26N2O4S. The number of thioether (sulfide) groups is 1. The van der Waals surface area contributed by atoms with Crippen LogP contribution in [0.25, 0.3) is 6.08 Å². The summed E-state index contributed by atoms with van der Waals surface area (Å²) < 4.78 is 15.9. The van der Waals surface area contributed by atoms with Gasteiger partial charge >= 0.3 is 0 Å². The van der Waals surface area contributed by atoms with Crippen molar-refractivity contribution in [1.29, 1.82) is 0 Å². The highest BCUT2D eigenvalue weighted by Crippen LogP contribution is 2.38. The van der Waals surface area contributed by atoms with E-state index in [1.165, 1.54) is 6.08 Å². The van der Waals surface area contributed by atoms with Gasteiger partial charge in [0.15, 0.2) is 11.5 Å². The van der Waals surface area contributed by atoms with E-state index in [1.807, 2.05) is 30.0 Å². The molecule has 2 N–H and O–H groups in total. The average Bonchev–Trinajstić information content (AvgIpc) is 3.17. The first kappa shape index (κ1) is 20.2. The SMILES string of the molecule is COc1cc(C=CC=CC(=O)NCCC2NCCS2)cc(OC)c1OC. The predicted octanol–water partition coefficient (Wildman–Crippen LogP) is 2.45. The maximum atomic E-state index is 11.8. The summed E-state index contributed by atoms with van der Waals surface area (Å²) in [5, 5.41) is 6.73. The second kappa shape index (κ2) is 10.8. The number of rotatable bonds is 9. The minimum atomic E-state index is -0.0949. The summed E-state index contributed by atoms with van der Waals surface area (Å²) in [6.07, 6.45) is 7.83. The molecule has 0 radical (unpaired) electrons. The summed E-state index contributed by atoms with van der Waals surface area (Å²) in [6.45, 7) is 1.72. The van der Waals surface area contributed by atoms with Crippen LogP contribution in [0, 0.1) is 0 Å². The van der Waals surface area contributed by atoms with Gasteiger partial charge < -0.3 is 24.8 Å². The number of benzene rings is 1. The number of hydrogen-bond donors (Lipinski definition) is 2. The van der Waals surface area contributed by atoms with Crippen molar-refractivity contribution in [2.45, 2.75) is 11.8 Å². The molecule has 1 aliphatic rings. The Balaban J connectivity index is 1.86. The lowest BCUT2D eigenvalue weighted by atomic mass is 10.1. The Morgan fingerprint density at radius 3 is 2.54 bits per heavy atom. The van der Waals surface area contributed by atoms with Crippen LogP contribution in [-0.2, 0) is 4.79 Å². The minimum Gasteiger partial charge on any atom is -0.493 e. The Labute approximate surface area is 159 Å². The summed E-state index contributed by atoms with van der Waals surface area (Å²) in [7, 11) is 4.72. The van der Waals surface area contributed by atoms with Crippen LogP contribution in [0.2, 0.25) is 0 Å². The number of amides is 1. The third kappa shape index (κ3) is 6.00.